The first-order valence-corrected chi connectivity index (χ1v) is 11.1. The smallest absolute Gasteiger partial charge is 0.225 e. The molecule has 4 rings (SSSR count). The monoisotopic (exact) mass is 408 g/mol. The van der Waals surface area contributed by atoms with Crippen molar-refractivity contribution in [2.24, 2.45) is 5.92 Å². The van der Waals surface area contributed by atoms with E-state index in [4.69, 9.17) is 9.47 Å². The normalized spacial score (nSPS) is 18.6. The Morgan fingerprint density at radius 3 is 2.03 bits per heavy atom. The summed E-state index contributed by atoms with van der Waals surface area (Å²) in [7, 11) is 0. The number of likely N-dealkylation sites (tertiary alicyclic amines) is 1. The van der Waals surface area contributed by atoms with Gasteiger partial charge in [-0.05, 0) is 37.1 Å². The molecule has 0 radical (unpaired) electrons. The highest BCUT2D eigenvalue weighted by Crippen LogP contribution is 2.26. The Bertz CT molecular complexity index is 730. The highest BCUT2D eigenvalue weighted by Gasteiger charge is 2.29. The Morgan fingerprint density at radius 1 is 0.900 bits per heavy atom. The second-order valence-corrected chi connectivity index (χ2v) is 8.13. The standard InChI is InChI=1S/C25H32N2O3/c28-25(27-16-18-29-19-17-27)23-11-13-26(14-12-23)15-20-30-24(21-7-3-1-4-8-21)22-9-5-2-6-10-22/h1-10,23-24H,11-20H2. The lowest BCUT2D eigenvalue weighted by Crippen LogP contribution is -2.47. The summed E-state index contributed by atoms with van der Waals surface area (Å²) in [6.07, 6.45) is 1.83. The van der Waals surface area contributed by atoms with Gasteiger partial charge in [0.05, 0.1) is 19.8 Å². The largest absolute Gasteiger partial charge is 0.378 e. The Labute approximate surface area is 179 Å². The molecule has 0 N–H and O–H groups in total. The molecule has 30 heavy (non-hydrogen) atoms. The highest BCUT2D eigenvalue weighted by atomic mass is 16.5. The van der Waals surface area contributed by atoms with Crippen molar-refractivity contribution >= 4 is 5.91 Å². The molecule has 0 bridgehead atoms. The van der Waals surface area contributed by atoms with Crippen molar-refractivity contribution in [1.29, 1.82) is 0 Å². The number of ether oxygens (including phenoxy) is 2. The van der Waals surface area contributed by atoms with Crippen LogP contribution in [0.2, 0.25) is 0 Å². The summed E-state index contributed by atoms with van der Waals surface area (Å²) in [5.74, 6) is 0.490. The zero-order valence-electron chi connectivity index (χ0n) is 17.6. The van der Waals surface area contributed by atoms with Crippen LogP contribution in [0, 0.1) is 5.92 Å². The van der Waals surface area contributed by atoms with Crippen molar-refractivity contribution in [3.8, 4) is 0 Å². The fraction of sp³-hybridized carbons (Fsp3) is 0.480. The fourth-order valence-corrected chi connectivity index (χ4v) is 4.39. The van der Waals surface area contributed by atoms with Crippen molar-refractivity contribution < 1.29 is 14.3 Å². The lowest BCUT2D eigenvalue weighted by Gasteiger charge is -2.35. The summed E-state index contributed by atoms with van der Waals surface area (Å²) >= 11 is 0. The van der Waals surface area contributed by atoms with Gasteiger partial charge in [-0.1, -0.05) is 60.7 Å². The number of nitrogens with zero attached hydrogens (tertiary/aromatic N) is 2. The third-order valence-corrected chi connectivity index (χ3v) is 6.16. The average molecular weight is 409 g/mol. The Hall–Kier alpha value is -2.21. The van der Waals surface area contributed by atoms with Gasteiger partial charge in [-0.3, -0.25) is 4.79 Å². The Morgan fingerprint density at radius 2 is 1.47 bits per heavy atom. The van der Waals surface area contributed by atoms with Gasteiger partial charge in [0.25, 0.3) is 0 Å². The molecule has 160 valence electrons. The molecule has 2 heterocycles. The van der Waals surface area contributed by atoms with E-state index in [1.54, 1.807) is 0 Å². The van der Waals surface area contributed by atoms with Gasteiger partial charge >= 0.3 is 0 Å². The van der Waals surface area contributed by atoms with Crippen molar-refractivity contribution in [2.45, 2.75) is 18.9 Å². The van der Waals surface area contributed by atoms with Gasteiger partial charge in [0, 0.05) is 25.6 Å². The van der Waals surface area contributed by atoms with E-state index in [0.29, 0.717) is 25.7 Å². The van der Waals surface area contributed by atoms with Crippen LogP contribution >= 0.6 is 0 Å². The second kappa shape index (κ2) is 10.7. The lowest BCUT2D eigenvalue weighted by atomic mass is 9.95. The van der Waals surface area contributed by atoms with Crippen molar-refractivity contribution in [2.75, 3.05) is 52.5 Å². The molecule has 2 aromatic carbocycles. The minimum atomic E-state index is -0.0483. The van der Waals surface area contributed by atoms with Crippen LogP contribution in [0.3, 0.4) is 0 Å². The van der Waals surface area contributed by atoms with E-state index in [-0.39, 0.29) is 12.0 Å². The first-order valence-electron chi connectivity index (χ1n) is 11.1. The van der Waals surface area contributed by atoms with Crippen LogP contribution in [-0.4, -0.2) is 68.3 Å². The summed E-state index contributed by atoms with van der Waals surface area (Å²) in [6, 6.07) is 20.8. The minimum absolute atomic E-state index is 0.0483. The minimum Gasteiger partial charge on any atom is -0.378 e. The first-order chi connectivity index (χ1) is 14.8. The lowest BCUT2D eigenvalue weighted by molar-refractivity contribution is -0.141. The number of morpholine rings is 1. The number of benzene rings is 2. The van der Waals surface area contributed by atoms with Crippen LogP contribution in [0.5, 0.6) is 0 Å². The Balaban J connectivity index is 1.26. The molecule has 0 unspecified atom stereocenters. The number of hydrogen-bond acceptors (Lipinski definition) is 4. The van der Waals surface area contributed by atoms with E-state index in [2.05, 4.69) is 53.4 Å². The van der Waals surface area contributed by atoms with Crippen LogP contribution in [-0.2, 0) is 14.3 Å². The summed E-state index contributed by atoms with van der Waals surface area (Å²) in [6.45, 7) is 6.33. The van der Waals surface area contributed by atoms with Gasteiger partial charge < -0.3 is 19.3 Å². The molecule has 5 heteroatoms. The van der Waals surface area contributed by atoms with Crippen LogP contribution < -0.4 is 0 Å². The van der Waals surface area contributed by atoms with Crippen molar-refractivity contribution in [3.05, 3.63) is 71.8 Å². The van der Waals surface area contributed by atoms with Gasteiger partial charge in [-0.2, -0.15) is 0 Å². The summed E-state index contributed by atoms with van der Waals surface area (Å²) in [5, 5.41) is 0. The van der Waals surface area contributed by atoms with Crippen molar-refractivity contribution in [1.82, 2.24) is 9.80 Å². The predicted octanol–water partition coefficient (Wildman–Crippen LogP) is 3.36. The van der Waals surface area contributed by atoms with Gasteiger partial charge in [0.1, 0.15) is 6.10 Å². The van der Waals surface area contributed by atoms with E-state index in [1.165, 1.54) is 11.1 Å². The zero-order chi connectivity index (χ0) is 20.6. The molecule has 1 amide bonds. The summed E-state index contributed by atoms with van der Waals surface area (Å²) in [4.78, 5) is 17.1. The number of carbonyl (C=O) groups excluding carboxylic acids is 1. The first kappa shape index (κ1) is 21.0. The van der Waals surface area contributed by atoms with E-state index < -0.39 is 0 Å². The molecule has 2 fully saturated rings. The van der Waals surface area contributed by atoms with Gasteiger partial charge in [-0.15, -0.1) is 0 Å². The fourth-order valence-electron chi connectivity index (χ4n) is 4.39. The third-order valence-electron chi connectivity index (χ3n) is 6.16. The molecule has 0 aromatic heterocycles. The maximum absolute atomic E-state index is 12.7. The number of piperidine rings is 1. The molecular formula is C25H32N2O3. The molecule has 2 saturated heterocycles. The Kier molecular flexibility index (Phi) is 7.51. The SMILES string of the molecule is O=C(C1CCN(CCOC(c2ccccc2)c2ccccc2)CC1)N1CCOCC1. The maximum Gasteiger partial charge on any atom is 0.225 e. The summed E-state index contributed by atoms with van der Waals surface area (Å²) < 4.78 is 11.7. The molecule has 0 saturated carbocycles. The molecule has 0 aliphatic carbocycles. The second-order valence-electron chi connectivity index (χ2n) is 8.13. The predicted molar refractivity (Wildman–Crippen MR) is 117 cm³/mol. The van der Waals surface area contributed by atoms with Crippen LogP contribution in [0.4, 0.5) is 0 Å². The quantitative estimate of drug-likeness (QED) is 0.705. The summed E-state index contributed by atoms with van der Waals surface area (Å²) in [5.41, 5.74) is 2.36. The molecule has 2 aliphatic heterocycles. The van der Waals surface area contributed by atoms with E-state index in [0.717, 1.165) is 45.6 Å². The van der Waals surface area contributed by atoms with Crippen molar-refractivity contribution in [3.63, 3.8) is 0 Å². The van der Waals surface area contributed by atoms with Crippen LogP contribution in [0.25, 0.3) is 0 Å². The van der Waals surface area contributed by atoms with E-state index in [1.807, 2.05) is 17.0 Å². The molecule has 0 atom stereocenters. The topological polar surface area (TPSA) is 42.0 Å². The van der Waals surface area contributed by atoms with Crippen LogP contribution in [0.1, 0.15) is 30.1 Å². The van der Waals surface area contributed by atoms with E-state index >= 15 is 0 Å². The zero-order valence-corrected chi connectivity index (χ0v) is 17.6. The van der Waals surface area contributed by atoms with E-state index in [9.17, 15) is 4.79 Å². The number of hydrogen-bond donors (Lipinski definition) is 0. The average Bonchev–Trinajstić information content (AvgIpc) is 2.83. The van der Waals surface area contributed by atoms with Gasteiger partial charge in [0.15, 0.2) is 0 Å². The third kappa shape index (κ3) is 5.48. The molecule has 0 spiro atoms. The molecule has 2 aromatic rings. The van der Waals surface area contributed by atoms with Gasteiger partial charge in [0.2, 0.25) is 5.91 Å². The number of rotatable bonds is 7. The van der Waals surface area contributed by atoms with Crippen LogP contribution in [0.15, 0.2) is 60.7 Å². The van der Waals surface area contributed by atoms with Gasteiger partial charge in [-0.25, -0.2) is 0 Å². The molecule has 5 nitrogen and oxygen atoms in total. The molecule has 2 aliphatic rings. The maximum atomic E-state index is 12.7. The highest BCUT2D eigenvalue weighted by molar-refractivity contribution is 5.79. The molecular weight excluding hydrogens is 376 g/mol. The number of carbonyl (C=O) groups is 1. The number of amides is 1.